The highest BCUT2D eigenvalue weighted by Crippen LogP contribution is 2.22. The first kappa shape index (κ1) is 14.0. The van der Waals surface area contributed by atoms with Crippen LogP contribution in [0.15, 0.2) is 48.5 Å². The molecule has 5 heteroatoms. The van der Waals surface area contributed by atoms with Crippen LogP contribution < -0.4 is 4.74 Å². The SMILES string of the molecule is O=Cc1ccc(OC(=O)[C@@H]2Cc3ccccc3C(=O)O2)cc1. The second-order valence-corrected chi connectivity index (χ2v) is 4.86. The molecular formula is C17H12O5. The van der Waals surface area contributed by atoms with Gasteiger partial charge in [-0.15, -0.1) is 0 Å². The van der Waals surface area contributed by atoms with Crippen molar-refractivity contribution in [2.24, 2.45) is 0 Å². The average molecular weight is 296 g/mol. The van der Waals surface area contributed by atoms with Crippen LogP contribution in [0.2, 0.25) is 0 Å². The molecule has 22 heavy (non-hydrogen) atoms. The summed E-state index contributed by atoms with van der Waals surface area (Å²) in [6.07, 6.45) is 0.0201. The third-order valence-corrected chi connectivity index (χ3v) is 3.39. The normalized spacial score (nSPS) is 16.4. The van der Waals surface area contributed by atoms with Gasteiger partial charge in [-0.2, -0.15) is 0 Å². The summed E-state index contributed by atoms with van der Waals surface area (Å²) in [6.45, 7) is 0. The van der Waals surface area contributed by atoms with Crippen molar-refractivity contribution >= 4 is 18.2 Å². The number of esters is 2. The first-order valence-electron chi connectivity index (χ1n) is 6.73. The standard InChI is InChI=1S/C17H12O5/c18-10-11-5-7-13(8-6-11)21-17(20)15-9-12-3-1-2-4-14(12)16(19)22-15/h1-8,10,15H,9H2/t15-/m0/s1. The quantitative estimate of drug-likeness (QED) is 0.493. The van der Waals surface area contributed by atoms with E-state index in [4.69, 9.17) is 9.47 Å². The number of aldehydes is 1. The van der Waals surface area contributed by atoms with Crippen LogP contribution >= 0.6 is 0 Å². The van der Waals surface area contributed by atoms with Gasteiger partial charge in [0.1, 0.15) is 12.0 Å². The molecule has 0 fully saturated rings. The summed E-state index contributed by atoms with van der Waals surface area (Å²) >= 11 is 0. The zero-order chi connectivity index (χ0) is 15.5. The summed E-state index contributed by atoms with van der Waals surface area (Å²) < 4.78 is 10.3. The number of carbonyl (C=O) groups excluding carboxylic acids is 3. The molecule has 0 saturated carbocycles. The van der Waals surface area contributed by atoms with E-state index in [-0.39, 0.29) is 6.42 Å². The molecule has 0 aliphatic carbocycles. The van der Waals surface area contributed by atoms with Crippen molar-refractivity contribution in [3.8, 4) is 5.75 Å². The molecular weight excluding hydrogens is 284 g/mol. The van der Waals surface area contributed by atoms with Gasteiger partial charge >= 0.3 is 11.9 Å². The first-order valence-corrected chi connectivity index (χ1v) is 6.73. The van der Waals surface area contributed by atoms with E-state index in [1.807, 2.05) is 0 Å². The van der Waals surface area contributed by atoms with E-state index >= 15 is 0 Å². The Balaban J connectivity index is 1.73. The predicted molar refractivity (Wildman–Crippen MR) is 76.8 cm³/mol. The van der Waals surface area contributed by atoms with Gasteiger partial charge in [0.05, 0.1) is 5.56 Å². The van der Waals surface area contributed by atoms with Gasteiger partial charge in [-0.25, -0.2) is 9.59 Å². The van der Waals surface area contributed by atoms with E-state index in [1.165, 1.54) is 24.3 Å². The third kappa shape index (κ3) is 2.74. The molecule has 2 aromatic carbocycles. The molecule has 0 aromatic heterocycles. The number of benzene rings is 2. The largest absolute Gasteiger partial charge is 0.446 e. The van der Waals surface area contributed by atoms with Crippen LogP contribution in [0.1, 0.15) is 26.3 Å². The Morgan fingerprint density at radius 3 is 2.59 bits per heavy atom. The van der Waals surface area contributed by atoms with Gasteiger partial charge in [0.25, 0.3) is 0 Å². The molecule has 0 spiro atoms. The highest BCUT2D eigenvalue weighted by molar-refractivity contribution is 5.95. The molecule has 0 unspecified atom stereocenters. The molecule has 0 N–H and O–H groups in total. The summed E-state index contributed by atoms with van der Waals surface area (Å²) in [7, 11) is 0. The maximum atomic E-state index is 12.1. The van der Waals surface area contributed by atoms with Crippen molar-refractivity contribution in [3.05, 3.63) is 65.2 Å². The van der Waals surface area contributed by atoms with E-state index < -0.39 is 18.0 Å². The lowest BCUT2D eigenvalue weighted by Gasteiger charge is -2.22. The fourth-order valence-electron chi connectivity index (χ4n) is 2.26. The van der Waals surface area contributed by atoms with Gasteiger partial charge < -0.3 is 9.47 Å². The molecule has 0 saturated heterocycles. The van der Waals surface area contributed by atoms with Crippen LogP contribution in [0.3, 0.4) is 0 Å². The molecule has 5 nitrogen and oxygen atoms in total. The molecule has 2 aromatic rings. The molecule has 3 rings (SSSR count). The minimum atomic E-state index is -0.965. The van der Waals surface area contributed by atoms with Crippen LogP contribution in [0, 0.1) is 0 Å². The number of hydrogen-bond donors (Lipinski definition) is 0. The van der Waals surface area contributed by atoms with Crippen LogP contribution in [0.4, 0.5) is 0 Å². The number of hydrogen-bond acceptors (Lipinski definition) is 5. The molecule has 0 bridgehead atoms. The van der Waals surface area contributed by atoms with Crippen molar-refractivity contribution in [1.29, 1.82) is 0 Å². The Hall–Kier alpha value is -2.95. The third-order valence-electron chi connectivity index (χ3n) is 3.39. The maximum Gasteiger partial charge on any atom is 0.353 e. The van der Waals surface area contributed by atoms with Gasteiger partial charge in [-0.3, -0.25) is 4.79 Å². The molecule has 110 valence electrons. The van der Waals surface area contributed by atoms with Gasteiger partial charge in [0.2, 0.25) is 6.10 Å². The summed E-state index contributed by atoms with van der Waals surface area (Å²) in [4.78, 5) is 34.6. The second-order valence-electron chi connectivity index (χ2n) is 4.86. The van der Waals surface area contributed by atoms with Gasteiger partial charge in [-0.1, -0.05) is 18.2 Å². The number of cyclic esters (lactones) is 1. The lowest BCUT2D eigenvalue weighted by atomic mass is 9.99. The topological polar surface area (TPSA) is 69.7 Å². The Bertz CT molecular complexity index is 733. The van der Waals surface area contributed by atoms with Crippen molar-refractivity contribution in [3.63, 3.8) is 0 Å². The number of carbonyl (C=O) groups is 3. The minimum Gasteiger partial charge on any atom is -0.446 e. The molecule has 1 atom stereocenters. The van der Waals surface area contributed by atoms with Crippen LogP contribution in [0.25, 0.3) is 0 Å². The lowest BCUT2D eigenvalue weighted by Crippen LogP contribution is -2.36. The van der Waals surface area contributed by atoms with Crippen molar-refractivity contribution in [2.45, 2.75) is 12.5 Å². The average Bonchev–Trinajstić information content (AvgIpc) is 2.55. The Morgan fingerprint density at radius 2 is 1.86 bits per heavy atom. The van der Waals surface area contributed by atoms with Crippen molar-refractivity contribution in [2.75, 3.05) is 0 Å². The molecule has 1 heterocycles. The number of rotatable bonds is 3. The zero-order valence-corrected chi connectivity index (χ0v) is 11.5. The minimum absolute atomic E-state index is 0.285. The second kappa shape index (κ2) is 5.81. The molecule has 1 aliphatic heterocycles. The van der Waals surface area contributed by atoms with Crippen LogP contribution in [-0.4, -0.2) is 24.3 Å². The lowest BCUT2D eigenvalue weighted by molar-refractivity contribution is -0.144. The number of fused-ring (bicyclic) bond motifs is 1. The summed E-state index contributed by atoms with van der Waals surface area (Å²) in [6, 6.07) is 13.1. The first-order chi connectivity index (χ1) is 10.7. The fourth-order valence-corrected chi connectivity index (χ4v) is 2.26. The summed E-state index contributed by atoms with van der Waals surface area (Å²) in [5.74, 6) is -0.868. The van der Waals surface area contributed by atoms with Gasteiger partial charge in [0, 0.05) is 12.0 Å². The maximum absolute atomic E-state index is 12.1. The zero-order valence-electron chi connectivity index (χ0n) is 11.5. The van der Waals surface area contributed by atoms with Crippen molar-refractivity contribution in [1.82, 2.24) is 0 Å². The van der Waals surface area contributed by atoms with E-state index in [1.54, 1.807) is 24.3 Å². The molecule has 1 aliphatic rings. The summed E-state index contributed by atoms with van der Waals surface area (Å²) in [5, 5.41) is 0. The number of ether oxygens (including phenoxy) is 2. The van der Waals surface area contributed by atoms with E-state index in [2.05, 4.69) is 0 Å². The van der Waals surface area contributed by atoms with E-state index in [0.717, 1.165) is 5.56 Å². The molecule has 0 radical (unpaired) electrons. The van der Waals surface area contributed by atoms with Gasteiger partial charge in [-0.05, 0) is 35.9 Å². The Labute approximate surface area is 126 Å². The van der Waals surface area contributed by atoms with Crippen molar-refractivity contribution < 1.29 is 23.9 Å². The summed E-state index contributed by atoms with van der Waals surface area (Å²) in [5.41, 5.74) is 1.72. The van der Waals surface area contributed by atoms with E-state index in [0.29, 0.717) is 23.2 Å². The highest BCUT2D eigenvalue weighted by atomic mass is 16.6. The smallest absolute Gasteiger partial charge is 0.353 e. The predicted octanol–water partition coefficient (Wildman–Crippen LogP) is 2.19. The van der Waals surface area contributed by atoms with E-state index in [9.17, 15) is 14.4 Å². The Morgan fingerprint density at radius 1 is 1.14 bits per heavy atom. The Kier molecular flexibility index (Phi) is 3.70. The van der Waals surface area contributed by atoms with Gasteiger partial charge in [0.15, 0.2) is 0 Å². The monoisotopic (exact) mass is 296 g/mol. The molecule has 0 amide bonds. The van der Waals surface area contributed by atoms with Crippen LogP contribution in [-0.2, 0) is 16.0 Å². The fraction of sp³-hybridized carbons (Fsp3) is 0.118. The highest BCUT2D eigenvalue weighted by Gasteiger charge is 2.32. The van der Waals surface area contributed by atoms with Crippen LogP contribution in [0.5, 0.6) is 5.75 Å².